The van der Waals surface area contributed by atoms with Gasteiger partial charge >= 0.3 is 0 Å². The lowest BCUT2D eigenvalue weighted by atomic mass is 10.2. The van der Waals surface area contributed by atoms with E-state index in [0.717, 1.165) is 10.0 Å². The highest BCUT2D eigenvalue weighted by atomic mass is 79.9. The van der Waals surface area contributed by atoms with Gasteiger partial charge in [-0.15, -0.1) is 0 Å². The summed E-state index contributed by atoms with van der Waals surface area (Å²) < 4.78 is 33.9. The number of rotatable bonds is 7. The van der Waals surface area contributed by atoms with Crippen LogP contribution in [-0.4, -0.2) is 20.9 Å². The Morgan fingerprint density at radius 2 is 1.96 bits per heavy atom. The number of nitrogens with one attached hydrogen (secondary N) is 1. The van der Waals surface area contributed by atoms with E-state index < -0.39 is 15.9 Å². The van der Waals surface area contributed by atoms with Gasteiger partial charge in [-0.25, -0.2) is 8.42 Å². The first-order chi connectivity index (χ1) is 11.3. The van der Waals surface area contributed by atoms with Crippen molar-refractivity contribution in [2.24, 2.45) is 5.73 Å². The number of amides is 1. The van der Waals surface area contributed by atoms with E-state index in [1.807, 2.05) is 6.92 Å². The standard InChI is InChI=1S/C16H17BrN2O4S/c1-11-10-12(6-7-13(11)17)24(21,22)19-14-4-2-3-5-15(14)23-9-8-16(18)20/h2-7,10,19H,8-9H2,1H3,(H2,18,20). The predicted octanol–water partition coefficient (Wildman–Crippen LogP) is 2.81. The lowest BCUT2D eigenvalue weighted by Crippen LogP contribution is -2.16. The number of para-hydroxylation sites is 2. The highest BCUT2D eigenvalue weighted by molar-refractivity contribution is 9.10. The fourth-order valence-corrected chi connectivity index (χ4v) is 3.33. The molecule has 0 atom stereocenters. The van der Waals surface area contributed by atoms with E-state index in [4.69, 9.17) is 10.5 Å². The Balaban J connectivity index is 2.23. The van der Waals surface area contributed by atoms with Gasteiger partial charge in [-0.2, -0.15) is 0 Å². The average molecular weight is 413 g/mol. The lowest BCUT2D eigenvalue weighted by molar-refractivity contribution is -0.118. The molecule has 0 aliphatic heterocycles. The molecule has 0 aromatic heterocycles. The number of ether oxygens (including phenoxy) is 1. The topological polar surface area (TPSA) is 98.5 Å². The molecule has 8 heteroatoms. The molecule has 0 saturated heterocycles. The number of benzene rings is 2. The van der Waals surface area contributed by atoms with Crippen molar-refractivity contribution in [1.82, 2.24) is 0 Å². The second-order valence-corrected chi connectivity index (χ2v) is 7.61. The maximum Gasteiger partial charge on any atom is 0.262 e. The zero-order valence-electron chi connectivity index (χ0n) is 13.0. The average Bonchev–Trinajstić information content (AvgIpc) is 2.51. The normalized spacial score (nSPS) is 11.1. The van der Waals surface area contributed by atoms with Crippen LogP contribution in [-0.2, 0) is 14.8 Å². The fourth-order valence-electron chi connectivity index (χ4n) is 1.93. The Bertz CT molecular complexity index is 853. The summed E-state index contributed by atoms with van der Waals surface area (Å²) >= 11 is 3.34. The Kier molecular flexibility index (Phi) is 5.84. The molecule has 0 fully saturated rings. The number of anilines is 1. The molecule has 0 saturated carbocycles. The zero-order valence-corrected chi connectivity index (χ0v) is 15.4. The summed E-state index contributed by atoms with van der Waals surface area (Å²) in [7, 11) is -3.76. The summed E-state index contributed by atoms with van der Waals surface area (Å²) in [6.07, 6.45) is 0.0486. The summed E-state index contributed by atoms with van der Waals surface area (Å²) in [5.41, 5.74) is 6.17. The highest BCUT2D eigenvalue weighted by Gasteiger charge is 2.17. The van der Waals surface area contributed by atoms with Crippen molar-refractivity contribution in [3.63, 3.8) is 0 Å². The van der Waals surface area contributed by atoms with Gasteiger partial charge in [0.2, 0.25) is 5.91 Å². The van der Waals surface area contributed by atoms with Gasteiger partial charge < -0.3 is 10.5 Å². The van der Waals surface area contributed by atoms with Crippen molar-refractivity contribution < 1.29 is 17.9 Å². The molecule has 6 nitrogen and oxygen atoms in total. The largest absolute Gasteiger partial charge is 0.491 e. The zero-order chi connectivity index (χ0) is 17.7. The molecular formula is C16H17BrN2O4S. The number of hydrogen-bond acceptors (Lipinski definition) is 4. The molecule has 1 amide bonds. The molecule has 24 heavy (non-hydrogen) atoms. The number of aryl methyl sites for hydroxylation is 1. The Morgan fingerprint density at radius 1 is 1.25 bits per heavy atom. The molecule has 0 spiro atoms. The monoisotopic (exact) mass is 412 g/mol. The smallest absolute Gasteiger partial charge is 0.262 e. The maximum absolute atomic E-state index is 12.5. The summed E-state index contributed by atoms with van der Waals surface area (Å²) in [5.74, 6) is -0.158. The van der Waals surface area contributed by atoms with Crippen molar-refractivity contribution in [3.8, 4) is 5.75 Å². The number of hydrogen-bond donors (Lipinski definition) is 2. The van der Waals surface area contributed by atoms with E-state index in [0.29, 0.717) is 11.4 Å². The molecule has 3 N–H and O–H groups in total. The van der Waals surface area contributed by atoms with Crippen LogP contribution in [0, 0.1) is 6.92 Å². The molecule has 0 unspecified atom stereocenters. The van der Waals surface area contributed by atoms with Crippen LogP contribution in [0.1, 0.15) is 12.0 Å². The van der Waals surface area contributed by atoms with Crippen LogP contribution < -0.4 is 15.2 Å². The van der Waals surface area contributed by atoms with Crippen LogP contribution in [0.25, 0.3) is 0 Å². The Labute approximate surface area is 149 Å². The minimum absolute atomic E-state index is 0.0486. The molecule has 0 radical (unpaired) electrons. The molecule has 0 heterocycles. The van der Waals surface area contributed by atoms with Gasteiger partial charge in [0, 0.05) is 4.47 Å². The highest BCUT2D eigenvalue weighted by Crippen LogP contribution is 2.28. The van der Waals surface area contributed by atoms with Crippen LogP contribution in [0.3, 0.4) is 0 Å². The number of nitrogens with two attached hydrogens (primary N) is 1. The van der Waals surface area contributed by atoms with Gasteiger partial charge in [0.05, 0.1) is 23.6 Å². The number of halogens is 1. The second kappa shape index (κ2) is 7.67. The molecular weight excluding hydrogens is 396 g/mol. The van der Waals surface area contributed by atoms with E-state index in [9.17, 15) is 13.2 Å². The van der Waals surface area contributed by atoms with Crippen LogP contribution in [0.4, 0.5) is 5.69 Å². The first kappa shape index (κ1) is 18.3. The molecule has 0 aliphatic carbocycles. The molecule has 0 aliphatic rings. The van der Waals surface area contributed by atoms with Gasteiger partial charge in [-0.05, 0) is 42.8 Å². The summed E-state index contributed by atoms with van der Waals surface area (Å²) in [5, 5.41) is 0. The third-order valence-electron chi connectivity index (χ3n) is 3.18. The van der Waals surface area contributed by atoms with Gasteiger partial charge in [0.15, 0.2) is 0 Å². The minimum atomic E-state index is -3.76. The van der Waals surface area contributed by atoms with E-state index in [-0.39, 0.29) is 17.9 Å². The predicted molar refractivity (Wildman–Crippen MR) is 95.4 cm³/mol. The first-order valence-electron chi connectivity index (χ1n) is 7.09. The Hall–Kier alpha value is -2.06. The van der Waals surface area contributed by atoms with E-state index >= 15 is 0 Å². The third-order valence-corrected chi connectivity index (χ3v) is 5.43. The Morgan fingerprint density at radius 3 is 2.62 bits per heavy atom. The van der Waals surface area contributed by atoms with Crippen molar-refractivity contribution >= 4 is 37.5 Å². The summed E-state index contributed by atoms with van der Waals surface area (Å²) in [6, 6.07) is 11.4. The number of carbonyl (C=O) groups excluding carboxylic acids is 1. The minimum Gasteiger partial charge on any atom is -0.491 e. The quantitative estimate of drug-likeness (QED) is 0.729. The first-order valence-corrected chi connectivity index (χ1v) is 9.36. The molecule has 128 valence electrons. The SMILES string of the molecule is Cc1cc(S(=O)(=O)Nc2ccccc2OCCC(N)=O)ccc1Br. The van der Waals surface area contributed by atoms with Crippen LogP contribution in [0.2, 0.25) is 0 Å². The molecule has 2 rings (SSSR count). The number of carbonyl (C=O) groups is 1. The van der Waals surface area contributed by atoms with E-state index in [2.05, 4.69) is 20.7 Å². The van der Waals surface area contributed by atoms with Crippen molar-refractivity contribution in [2.75, 3.05) is 11.3 Å². The summed E-state index contributed by atoms with van der Waals surface area (Å²) in [6.45, 7) is 1.88. The fraction of sp³-hybridized carbons (Fsp3) is 0.188. The van der Waals surface area contributed by atoms with Crippen molar-refractivity contribution in [2.45, 2.75) is 18.2 Å². The number of sulfonamides is 1. The van der Waals surface area contributed by atoms with Gasteiger partial charge in [0.25, 0.3) is 10.0 Å². The lowest BCUT2D eigenvalue weighted by Gasteiger charge is -2.13. The van der Waals surface area contributed by atoms with E-state index in [1.165, 1.54) is 6.07 Å². The van der Waals surface area contributed by atoms with Crippen molar-refractivity contribution in [3.05, 3.63) is 52.5 Å². The molecule has 2 aromatic carbocycles. The second-order valence-electron chi connectivity index (χ2n) is 5.08. The third kappa shape index (κ3) is 4.72. The molecule has 2 aromatic rings. The number of primary amides is 1. The summed E-state index contributed by atoms with van der Waals surface area (Å²) in [4.78, 5) is 10.9. The van der Waals surface area contributed by atoms with Crippen LogP contribution in [0.15, 0.2) is 51.8 Å². The van der Waals surface area contributed by atoms with Crippen LogP contribution >= 0.6 is 15.9 Å². The van der Waals surface area contributed by atoms with Gasteiger partial charge in [-0.3, -0.25) is 9.52 Å². The molecule has 0 bridgehead atoms. The van der Waals surface area contributed by atoms with Crippen molar-refractivity contribution in [1.29, 1.82) is 0 Å². The van der Waals surface area contributed by atoms with Crippen LogP contribution in [0.5, 0.6) is 5.75 Å². The maximum atomic E-state index is 12.5. The van der Waals surface area contributed by atoms with Gasteiger partial charge in [-0.1, -0.05) is 28.1 Å². The van der Waals surface area contributed by atoms with Gasteiger partial charge in [0.1, 0.15) is 5.75 Å². The van der Waals surface area contributed by atoms with E-state index in [1.54, 1.807) is 36.4 Å².